The Labute approximate surface area is 129 Å². The van der Waals surface area contributed by atoms with Gasteiger partial charge in [-0.15, -0.1) is 0 Å². The molecule has 0 fully saturated rings. The van der Waals surface area contributed by atoms with Crippen molar-refractivity contribution >= 4 is 21.8 Å². The molecule has 112 valence electrons. The molecule has 1 amide bonds. The van der Waals surface area contributed by atoms with Crippen molar-refractivity contribution in [2.24, 2.45) is 5.41 Å². The molecule has 0 aliphatic rings. The monoisotopic (exact) mass is 342 g/mol. The predicted molar refractivity (Wildman–Crippen MR) is 85.0 cm³/mol. The van der Waals surface area contributed by atoms with Gasteiger partial charge < -0.3 is 15.0 Å². The molecular formula is C15H23BrN2O2. The Bertz CT molecular complexity index is 447. The molecule has 1 aromatic carbocycles. The minimum atomic E-state index is -0.100. The molecule has 0 spiro atoms. The molecule has 0 aliphatic heterocycles. The van der Waals surface area contributed by atoms with E-state index in [2.05, 4.69) is 40.0 Å². The summed E-state index contributed by atoms with van der Waals surface area (Å²) in [6.07, 6.45) is 0. The van der Waals surface area contributed by atoms with E-state index in [1.165, 1.54) is 0 Å². The zero-order chi connectivity index (χ0) is 15.2. The Balaban J connectivity index is 2.34. The smallest absolute Gasteiger partial charge is 0.257 e. The van der Waals surface area contributed by atoms with Gasteiger partial charge in [-0.25, -0.2) is 0 Å². The quantitative estimate of drug-likeness (QED) is 0.827. The Morgan fingerprint density at radius 2 is 2.10 bits per heavy atom. The molecule has 0 bridgehead atoms. The molecule has 4 nitrogen and oxygen atoms in total. The number of benzene rings is 1. The molecule has 0 atom stereocenters. The Hall–Kier alpha value is -1.07. The third-order valence-electron chi connectivity index (χ3n) is 2.67. The van der Waals surface area contributed by atoms with Crippen molar-refractivity contribution in [2.45, 2.75) is 13.8 Å². The van der Waals surface area contributed by atoms with E-state index >= 15 is 0 Å². The van der Waals surface area contributed by atoms with Gasteiger partial charge in [-0.1, -0.05) is 35.8 Å². The molecule has 0 aromatic heterocycles. The summed E-state index contributed by atoms with van der Waals surface area (Å²) in [5.41, 5.74) is 0.0366. The van der Waals surface area contributed by atoms with E-state index in [0.717, 1.165) is 11.0 Å². The predicted octanol–water partition coefficient (Wildman–Crippen LogP) is 2.53. The molecule has 0 unspecified atom stereocenters. The molecular weight excluding hydrogens is 320 g/mol. The lowest BCUT2D eigenvalue weighted by Gasteiger charge is -2.28. The molecule has 5 heteroatoms. The number of rotatable bonds is 7. The third-order valence-corrected chi connectivity index (χ3v) is 3.17. The van der Waals surface area contributed by atoms with Gasteiger partial charge in [0.25, 0.3) is 5.91 Å². The Morgan fingerprint density at radius 3 is 2.70 bits per heavy atom. The maximum Gasteiger partial charge on any atom is 0.257 e. The van der Waals surface area contributed by atoms with Gasteiger partial charge in [0.2, 0.25) is 0 Å². The number of hydrogen-bond acceptors (Lipinski definition) is 3. The van der Waals surface area contributed by atoms with E-state index in [4.69, 9.17) is 4.74 Å². The van der Waals surface area contributed by atoms with Crippen molar-refractivity contribution in [3.8, 4) is 5.75 Å². The lowest BCUT2D eigenvalue weighted by Crippen LogP contribution is -2.41. The lowest BCUT2D eigenvalue weighted by atomic mass is 9.93. The fraction of sp³-hybridized carbons (Fsp3) is 0.533. The van der Waals surface area contributed by atoms with Gasteiger partial charge in [0.05, 0.1) is 0 Å². The second kappa shape index (κ2) is 7.64. The summed E-state index contributed by atoms with van der Waals surface area (Å²) in [6.45, 7) is 5.84. The van der Waals surface area contributed by atoms with Gasteiger partial charge >= 0.3 is 0 Å². The van der Waals surface area contributed by atoms with Crippen molar-refractivity contribution in [3.05, 3.63) is 28.7 Å². The van der Waals surface area contributed by atoms with Crippen LogP contribution in [0.15, 0.2) is 28.7 Å². The summed E-state index contributed by atoms with van der Waals surface area (Å²) < 4.78 is 6.38. The highest BCUT2D eigenvalue weighted by molar-refractivity contribution is 9.10. The highest BCUT2D eigenvalue weighted by atomic mass is 79.9. The minimum absolute atomic E-state index is 0.0362. The van der Waals surface area contributed by atoms with Gasteiger partial charge in [-0.3, -0.25) is 4.79 Å². The molecule has 0 aliphatic carbocycles. The second-order valence-corrected chi connectivity index (χ2v) is 6.84. The summed E-state index contributed by atoms with van der Waals surface area (Å²) >= 11 is 3.36. The van der Waals surface area contributed by atoms with Gasteiger partial charge in [-0.05, 0) is 37.7 Å². The van der Waals surface area contributed by atoms with Crippen LogP contribution >= 0.6 is 15.9 Å². The fourth-order valence-electron chi connectivity index (χ4n) is 2.01. The lowest BCUT2D eigenvalue weighted by molar-refractivity contribution is -0.123. The number of halogens is 1. The van der Waals surface area contributed by atoms with E-state index in [9.17, 15) is 4.79 Å². The molecule has 1 rings (SSSR count). The molecule has 1 N–H and O–H groups in total. The van der Waals surface area contributed by atoms with E-state index in [1.54, 1.807) is 0 Å². The summed E-state index contributed by atoms with van der Waals surface area (Å²) in [6, 6.07) is 7.45. The van der Waals surface area contributed by atoms with Crippen LogP contribution in [0.5, 0.6) is 5.75 Å². The van der Waals surface area contributed by atoms with Crippen LogP contribution in [0.2, 0.25) is 0 Å². The maximum atomic E-state index is 11.8. The summed E-state index contributed by atoms with van der Waals surface area (Å²) in [7, 11) is 4.06. The average Bonchev–Trinajstić information content (AvgIpc) is 2.32. The molecule has 0 saturated carbocycles. The summed E-state index contributed by atoms with van der Waals surface area (Å²) in [5.74, 6) is 0.582. The van der Waals surface area contributed by atoms with Crippen molar-refractivity contribution in [1.29, 1.82) is 0 Å². The number of nitrogens with one attached hydrogen (secondary N) is 1. The van der Waals surface area contributed by atoms with Crippen molar-refractivity contribution in [1.82, 2.24) is 10.2 Å². The van der Waals surface area contributed by atoms with Crippen LogP contribution in [-0.4, -0.2) is 44.6 Å². The standard InChI is InChI=1S/C15H23BrN2O2/c1-15(2,11-18(3)4)10-17-14(19)9-20-13-7-5-6-12(16)8-13/h5-8H,9-11H2,1-4H3,(H,17,19). The van der Waals surface area contributed by atoms with Crippen molar-refractivity contribution in [2.75, 3.05) is 33.8 Å². The largest absolute Gasteiger partial charge is 0.484 e. The first-order valence-corrected chi connectivity index (χ1v) is 7.38. The van der Waals surface area contributed by atoms with E-state index < -0.39 is 0 Å². The molecule has 0 radical (unpaired) electrons. The maximum absolute atomic E-state index is 11.8. The van der Waals surface area contributed by atoms with Gasteiger partial charge in [0, 0.05) is 17.6 Å². The highest BCUT2D eigenvalue weighted by Crippen LogP contribution is 2.17. The topological polar surface area (TPSA) is 41.6 Å². The first-order chi connectivity index (χ1) is 9.28. The first-order valence-electron chi connectivity index (χ1n) is 6.58. The van der Waals surface area contributed by atoms with Crippen LogP contribution in [0, 0.1) is 5.41 Å². The van der Waals surface area contributed by atoms with E-state index in [1.807, 2.05) is 38.4 Å². The second-order valence-electron chi connectivity index (χ2n) is 5.92. The van der Waals surface area contributed by atoms with Crippen LogP contribution in [-0.2, 0) is 4.79 Å². The van der Waals surface area contributed by atoms with Gasteiger partial charge in [0.1, 0.15) is 5.75 Å². The summed E-state index contributed by atoms with van der Waals surface area (Å²) in [5, 5.41) is 2.91. The average molecular weight is 343 g/mol. The van der Waals surface area contributed by atoms with Gasteiger partial charge in [-0.2, -0.15) is 0 Å². The van der Waals surface area contributed by atoms with Crippen LogP contribution in [0.1, 0.15) is 13.8 Å². The van der Waals surface area contributed by atoms with Crippen LogP contribution in [0.25, 0.3) is 0 Å². The molecule has 20 heavy (non-hydrogen) atoms. The number of ether oxygens (including phenoxy) is 1. The number of nitrogens with zero attached hydrogens (tertiary/aromatic N) is 1. The highest BCUT2D eigenvalue weighted by Gasteiger charge is 2.19. The number of carbonyl (C=O) groups is 1. The Morgan fingerprint density at radius 1 is 1.40 bits per heavy atom. The Kier molecular flexibility index (Phi) is 6.49. The van der Waals surface area contributed by atoms with Crippen molar-refractivity contribution < 1.29 is 9.53 Å². The van der Waals surface area contributed by atoms with Gasteiger partial charge in [0.15, 0.2) is 6.61 Å². The SMILES string of the molecule is CN(C)CC(C)(C)CNC(=O)COc1cccc(Br)c1. The van der Waals surface area contributed by atoms with Crippen LogP contribution < -0.4 is 10.1 Å². The zero-order valence-corrected chi connectivity index (χ0v) is 14.2. The fourth-order valence-corrected chi connectivity index (χ4v) is 2.38. The van der Waals surface area contributed by atoms with E-state index in [-0.39, 0.29) is 17.9 Å². The zero-order valence-electron chi connectivity index (χ0n) is 12.6. The summed E-state index contributed by atoms with van der Waals surface area (Å²) in [4.78, 5) is 13.9. The first kappa shape index (κ1) is 17.0. The number of carbonyl (C=O) groups excluding carboxylic acids is 1. The van der Waals surface area contributed by atoms with Crippen LogP contribution in [0.4, 0.5) is 0 Å². The normalized spacial score (nSPS) is 11.5. The third kappa shape index (κ3) is 6.91. The number of hydrogen-bond donors (Lipinski definition) is 1. The molecule has 1 aromatic rings. The molecule has 0 saturated heterocycles. The minimum Gasteiger partial charge on any atom is -0.484 e. The number of amides is 1. The van der Waals surface area contributed by atoms with Crippen LogP contribution in [0.3, 0.4) is 0 Å². The van der Waals surface area contributed by atoms with Crippen molar-refractivity contribution in [3.63, 3.8) is 0 Å². The molecule has 0 heterocycles. The van der Waals surface area contributed by atoms with E-state index in [0.29, 0.717) is 12.3 Å².